The summed E-state index contributed by atoms with van der Waals surface area (Å²) in [6.07, 6.45) is 2.03. The van der Waals surface area contributed by atoms with Crippen molar-refractivity contribution in [1.29, 1.82) is 0 Å². The molecule has 0 aliphatic carbocycles. The van der Waals surface area contributed by atoms with Crippen LogP contribution in [0.2, 0.25) is 0 Å². The molecule has 0 bridgehead atoms. The van der Waals surface area contributed by atoms with Crippen molar-refractivity contribution in [2.45, 2.75) is 32.2 Å². The first kappa shape index (κ1) is 15.7. The highest BCUT2D eigenvalue weighted by Crippen LogP contribution is 2.12. The Bertz CT molecular complexity index is 607. The summed E-state index contributed by atoms with van der Waals surface area (Å²) >= 11 is 0. The summed E-state index contributed by atoms with van der Waals surface area (Å²) < 4.78 is 1.83. The maximum Gasteiger partial charge on any atom is 0.158 e. The topological polar surface area (TPSA) is 59.8 Å². The molecule has 6 heteroatoms. The highest BCUT2D eigenvalue weighted by Gasteiger charge is 2.25. The third kappa shape index (κ3) is 3.31. The third-order valence-electron chi connectivity index (χ3n) is 3.58. The minimum atomic E-state index is 0. The number of halogens is 1. The Morgan fingerprint density at radius 1 is 1.38 bits per heavy atom. The van der Waals surface area contributed by atoms with Gasteiger partial charge in [-0.05, 0) is 25.1 Å². The maximum absolute atomic E-state index is 12.0. The predicted octanol–water partition coefficient (Wildman–Crippen LogP) is 1.72. The number of hydrogen-bond acceptors (Lipinski definition) is 4. The van der Waals surface area contributed by atoms with E-state index in [-0.39, 0.29) is 24.2 Å². The van der Waals surface area contributed by atoms with Crippen molar-refractivity contribution in [3.63, 3.8) is 0 Å². The summed E-state index contributed by atoms with van der Waals surface area (Å²) in [4.78, 5) is 16.5. The summed E-state index contributed by atoms with van der Waals surface area (Å²) in [5.41, 5.74) is 0.984. The number of para-hydroxylation sites is 1. The summed E-state index contributed by atoms with van der Waals surface area (Å²) in [6.45, 7) is 2.98. The molecule has 1 aromatic heterocycles. The van der Waals surface area contributed by atoms with Gasteiger partial charge in [-0.1, -0.05) is 25.1 Å². The molecule has 0 unspecified atom stereocenters. The Hall–Kier alpha value is -1.72. The Morgan fingerprint density at radius 3 is 2.67 bits per heavy atom. The second-order valence-corrected chi connectivity index (χ2v) is 4.98. The first-order valence-electron chi connectivity index (χ1n) is 7.04. The molecule has 112 valence electrons. The van der Waals surface area contributed by atoms with Crippen LogP contribution in [0.4, 0.5) is 0 Å². The van der Waals surface area contributed by atoms with Crippen LogP contribution in [-0.2, 0) is 17.6 Å². The quantitative estimate of drug-likeness (QED) is 0.914. The van der Waals surface area contributed by atoms with Crippen LogP contribution in [0.5, 0.6) is 0 Å². The van der Waals surface area contributed by atoms with Crippen LogP contribution in [0.15, 0.2) is 30.3 Å². The number of aryl methyl sites for hydroxylation is 1. The largest absolute Gasteiger partial charge is 0.307 e. The van der Waals surface area contributed by atoms with E-state index in [9.17, 15) is 4.79 Å². The molecular weight excluding hydrogens is 288 g/mol. The molecule has 1 fully saturated rings. The molecule has 1 aliphatic heterocycles. The molecule has 2 heterocycles. The zero-order chi connectivity index (χ0) is 13.9. The van der Waals surface area contributed by atoms with Crippen molar-refractivity contribution in [3.8, 4) is 5.69 Å². The van der Waals surface area contributed by atoms with Crippen molar-refractivity contribution in [3.05, 3.63) is 42.0 Å². The lowest BCUT2D eigenvalue weighted by Crippen LogP contribution is -2.49. The lowest BCUT2D eigenvalue weighted by atomic mass is 10.0. The lowest BCUT2D eigenvalue weighted by molar-refractivity contribution is -0.122. The van der Waals surface area contributed by atoms with Crippen LogP contribution in [0.25, 0.3) is 5.69 Å². The number of carbonyl (C=O) groups excluding carboxylic acids is 1. The van der Waals surface area contributed by atoms with E-state index in [0.29, 0.717) is 12.2 Å². The second-order valence-electron chi connectivity index (χ2n) is 4.98. The van der Waals surface area contributed by atoms with Gasteiger partial charge in [0.05, 0.1) is 18.2 Å². The van der Waals surface area contributed by atoms with E-state index in [4.69, 9.17) is 0 Å². The fourth-order valence-corrected chi connectivity index (χ4v) is 2.31. The van der Waals surface area contributed by atoms with E-state index < -0.39 is 0 Å². The van der Waals surface area contributed by atoms with Crippen LogP contribution in [0.3, 0.4) is 0 Å². The molecule has 1 aliphatic rings. The number of aromatic nitrogens is 3. The molecule has 0 radical (unpaired) electrons. The second kappa shape index (κ2) is 6.83. The molecule has 1 aromatic carbocycles. The van der Waals surface area contributed by atoms with E-state index in [0.717, 1.165) is 30.9 Å². The van der Waals surface area contributed by atoms with Gasteiger partial charge in [-0.25, -0.2) is 9.67 Å². The van der Waals surface area contributed by atoms with Crippen molar-refractivity contribution in [2.75, 3.05) is 6.54 Å². The standard InChI is InChI=1S/C15H18N4O.ClH/c1-2-15-17-14(10-13(20)12-8-9-16-12)18-19(15)11-6-4-3-5-7-11;/h3-7,12,16H,2,8-10H2,1H3;1H/t12-;/m0./s1. The van der Waals surface area contributed by atoms with Gasteiger partial charge in [0, 0.05) is 6.42 Å². The highest BCUT2D eigenvalue weighted by atomic mass is 35.5. The van der Waals surface area contributed by atoms with Gasteiger partial charge in [-0.2, -0.15) is 5.10 Å². The van der Waals surface area contributed by atoms with E-state index >= 15 is 0 Å². The van der Waals surface area contributed by atoms with E-state index in [1.165, 1.54) is 0 Å². The Kier molecular flexibility index (Phi) is 5.09. The van der Waals surface area contributed by atoms with Gasteiger partial charge in [-0.15, -0.1) is 12.4 Å². The average molecular weight is 307 g/mol. The van der Waals surface area contributed by atoms with Crippen LogP contribution in [0.1, 0.15) is 25.0 Å². The molecule has 1 N–H and O–H groups in total. The van der Waals surface area contributed by atoms with Crippen molar-refractivity contribution in [2.24, 2.45) is 0 Å². The fourth-order valence-electron chi connectivity index (χ4n) is 2.31. The van der Waals surface area contributed by atoms with Gasteiger partial charge in [0.15, 0.2) is 11.6 Å². The van der Waals surface area contributed by atoms with Gasteiger partial charge in [0.1, 0.15) is 5.82 Å². The van der Waals surface area contributed by atoms with Gasteiger partial charge in [0.25, 0.3) is 0 Å². The van der Waals surface area contributed by atoms with Crippen molar-refractivity contribution in [1.82, 2.24) is 20.1 Å². The van der Waals surface area contributed by atoms with Crippen LogP contribution in [-0.4, -0.2) is 33.1 Å². The minimum Gasteiger partial charge on any atom is -0.307 e. The molecule has 2 aromatic rings. The number of carbonyl (C=O) groups is 1. The number of nitrogens with zero attached hydrogens (tertiary/aromatic N) is 3. The van der Waals surface area contributed by atoms with Gasteiger partial charge >= 0.3 is 0 Å². The summed E-state index contributed by atoms with van der Waals surface area (Å²) in [5.74, 6) is 1.69. The molecule has 5 nitrogen and oxygen atoms in total. The van der Waals surface area contributed by atoms with E-state index in [1.807, 2.05) is 41.9 Å². The third-order valence-corrected chi connectivity index (χ3v) is 3.58. The molecule has 1 atom stereocenters. The van der Waals surface area contributed by atoms with Crippen molar-refractivity contribution < 1.29 is 4.79 Å². The van der Waals surface area contributed by atoms with Crippen molar-refractivity contribution >= 4 is 18.2 Å². The van der Waals surface area contributed by atoms with E-state index in [2.05, 4.69) is 15.4 Å². The van der Waals surface area contributed by atoms with E-state index in [1.54, 1.807) is 0 Å². The molecule has 3 rings (SSSR count). The van der Waals surface area contributed by atoms with Crippen LogP contribution < -0.4 is 5.32 Å². The zero-order valence-electron chi connectivity index (χ0n) is 12.0. The number of ketones is 1. The van der Waals surface area contributed by atoms with Crippen LogP contribution in [0, 0.1) is 0 Å². The summed E-state index contributed by atoms with van der Waals surface area (Å²) in [7, 11) is 0. The number of benzene rings is 1. The number of hydrogen-bond donors (Lipinski definition) is 1. The van der Waals surface area contributed by atoms with Gasteiger partial charge < -0.3 is 5.32 Å². The smallest absolute Gasteiger partial charge is 0.158 e. The molecule has 0 saturated carbocycles. The predicted molar refractivity (Wildman–Crippen MR) is 83.1 cm³/mol. The molecule has 21 heavy (non-hydrogen) atoms. The SMILES string of the molecule is CCc1nc(CC(=O)[C@@H]2CCN2)nn1-c1ccccc1.Cl. The number of Topliss-reactive ketones (excluding diaryl/α,β-unsaturated/α-hetero) is 1. The first-order chi connectivity index (χ1) is 9.78. The summed E-state index contributed by atoms with van der Waals surface area (Å²) in [5, 5.41) is 7.61. The molecule has 0 amide bonds. The molecule has 1 saturated heterocycles. The highest BCUT2D eigenvalue weighted by molar-refractivity contribution is 5.86. The fraction of sp³-hybridized carbons (Fsp3) is 0.400. The maximum atomic E-state index is 12.0. The Labute approximate surface area is 130 Å². The van der Waals surface area contributed by atoms with Gasteiger partial charge in [0.2, 0.25) is 0 Å². The van der Waals surface area contributed by atoms with Crippen LogP contribution >= 0.6 is 12.4 Å². The normalized spacial score (nSPS) is 16.9. The minimum absolute atomic E-state index is 0. The number of rotatable bonds is 5. The lowest BCUT2D eigenvalue weighted by Gasteiger charge is -2.25. The molecule has 0 spiro atoms. The Morgan fingerprint density at radius 2 is 2.10 bits per heavy atom. The Balaban J connectivity index is 0.00000161. The molecular formula is C15H19ClN4O. The zero-order valence-corrected chi connectivity index (χ0v) is 12.8. The number of nitrogens with one attached hydrogen (secondary N) is 1. The van der Waals surface area contributed by atoms with Gasteiger partial charge in [-0.3, -0.25) is 4.79 Å². The average Bonchev–Trinajstić information content (AvgIpc) is 2.80. The summed E-state index contributed by atoms with van der Waals surface area (Å²) in [6, 6.07) is 9.90. The first-order valence-corrected chi connectivity index (χ1v) is 7.04. The monoisotopic (exact) mass is 306 g/mol.